The monoisotopic (exact) mass is 276 g/mol. The van der Waals surface area contributed by atoms with Crippen molar-refractivity contribution in [3.63, 3.8) is 0 Å². The van der Waals surface area contributed by atoms with Crippen LogP contribution in [0.15, 0.2) is 24.3 Å². The zero-order valence-corrected chi connectivity index (χ0v) is 11.4. The van der Waals surface area contributed by atoms with Gasteiger partial charge in [0, 0.05) is 11.4 Å². The van der Waals surface area contributed by atoms with E-state index in [1.165, 1.54) is 0 Å². The molecule has 2 rings (SSSR count). The first-order valence-corrected chi connectivity index (χ1v) is 6.17. The maximum absolute atomic E-state index is 11.1. The summed E-state index contributed by atoms with van der Waals surface area (Å²) < 4.78 is 0. The number of aryl methyl sites for hydroxylation is 2. The Morgan fingerprint density at radius 3 is 2.42 bits per heavy atom. The molecule has 19 heavy (non-hydrogen) atoms. The van der Waals surface area contributed by atoms with Crippen LogP contribution in [0, 0.1) is 13.8 Å². The van der Waals surface area contributed by atoms with E-state index in [0.717, 1.165) is 5.56 Å². The standard InChI is InChI=1S/C14H13ClN2O2/c1-8-13(14(18)19)9(2)17-12(16-8)7-10-4-3-5-11(15)6-10/h3-6H,7H2,1-2H3,(H,18,19). The fraction of sp³-hybridized carbons (Fsp3) is 0.214. The molecule has 5 heteroatoms. The molecule has 2 aromatic rings. The lowest BCUT2D eigenvalue weighted by Gasteiger charge is -2.07. The van der Waals surface area contributed by atoms with Gasteiger partial charge in [0.1, 0.15) is 11.4 Å². The molecule has 0 radical (unpaired) electrons. The minimum Gasteiger partial charge on any atom is -0.478 e. The molecule has 1 aromatic heterocycles. The molecular formula is C14H13ClN2O2. The lowest BCUT2D eigenvalue weighted by molar-refractivity contribution is 0.0694. The quantitative estimate of drug-likeness (QED) is 0.936. The van der Waals surface area contributed by atoms with Crippen LogP contribution in [0.3, 0.4) is 0 Å². The number of nitrogens with zero attached hydrogens (tertiary/aromatic N) is 2. The van der Waals surface area contributed by atoms with Crippen LogP contribution in [0.2, 0.25) is 5.02 Å². The van der Waals surface area contributed by atoms with E-state index in [0.29, 0.717) is 28.7 Å². The van der Waals surface area contributed by atoms with Crippen molar-refractivity contribution in [3.05, 3.63) is 57.6 Å². The smallest absolute Gasteiger partial charge is 0.339 e. The molecular weight excluding hydrogens is 264 g/mol. The highest BCUT2D eigenvalue weighted by Crippen LogP contribution is 2.15. The number of aromatic carboxylic acids is 1. The first kappa shape index (κ1) is 13.5. The second-order valence-electron chi connectivity index (χ2n) is 4.30. The van der Waals surface area contributed by atoms with Gasteiger partial charge in [-0.2, -0.15) is 0 Å². The third-order valence-electron chi connectivity index (χ3n) is 2.78. The highest BCUT2D eigenvalue weighted by molar-refractivity contribution is 6.30. The van der Waals surface area contributed by atoms with Gasteiger partial charge >= 0.3 is 5.97 Å². The van der Waals surface area contributed by atoms with Crippen molar-refractivity contribution in [1.29, 1.82) is 0 Å². The van der Waals surface area contributed by atoms with Crippen molar-refractivity contribution < 1.29 is 9.90 Å². The van der Waals surface area contributed by atoms with Crippen molar-refractivity contribution in [2.45, 2.75) is 20.3 Å². The predicted octanol–water partition coefficient (Wildman–Crippen LogP) is 3.04. The highest BCUT2D eigenvalue weighted by atomic mass is 35.5. The summed E-state index contributed by atoms with van der Waals surface area (Å²) >= 11 is 5.92. The lowest BCUT2D eigenvalue weighted by Crippen LogP contribution is -2.10. The molecule has 0 amide bonds. The number of carboxylic acid groups (broad SMARTS) is 1. The molecule has 4 nitrogen and oxygen atoms in total. The number of hydrogen-bond donors (Lipinski definition) is 1. The molecule has 98 valence electrons. The van der Waals surface area contributed by atoms with E-state index in [1.807, 2.05) is 18.2 Å². The van der Waals surface area contributed by atoms with E-state index < -0.39 is 5.97 Å². The van der Waals surface area contributed by atoms with Crippen LogP contribution in [0.25, 0.3) is 0 Å². The molecule has 0 unspecified atom stereocenters. The van der Waals surface area contributed by atoms with Crippen LogP contribution >= 0.6 is 11.6 Å². The normalized spacial score (nSPS) is 10.5. The Hall–Kier alpha value is -1.94. The molecule has 0 fully saturated rings. The summed E-state index contributed by atoms with van der Waals surface area (Å²) in [5.74, 6) is -0.397. The molecule has 0 aliphatic rings. The van der Waals surface area contributed by atoms with Crippen LogP contribution in [-0.4, -0.2) is 21.0 Å². The van der Waals surface area contributed by atoms with Gasteiger partial charge in [0.05, 0.1) is 11.4 Å². The number of benzene rings is 1. The molecule has 0 bridgehead atoms. The van der Waals surface area contributed by atoms with Gasteiger partial charge in [-0.1, -0.05) is 23.7 Å². The van der Waals surface area contributed by atoms with Gasteiger partial charge in [-0.05, 0) is 31.5 Å². The van der Waals surface area contributed by atoms with E-state index in [1.54, 1.807) is 19.9 Å². The zero-order valence-electron chi connectivity index (χ0n) is 10.6. The van der Waals surface area contributed by atoms with Gasteiger partial charge < -0.3 is 5.11 Å². The summed E-state index contributed by atoms with van der Waals surface area (Å²) in [5.41, 5.74) is 2.14. The topological polar surface area (TPSA) is 63.1 Å². The number of hydrogen-bond acceptors (Lipinski definition) is 3. The maximum Gasteiger partial charge on any atom is 0.339 e. The first-order valence-electron chi connectivity index (χ1n) is 5.79. The third kappa shape index (κ3) is 3.09. The van der Waals surface area contributed by atoms with Crippen LogP contribution < -0.4 is 0 Å². The van der Waals surface area contributed by atoms with E-state index in [-0.39, 0.29) is 5.56 Å². The van der Waals surface area contributed by atoms with E-state index in [2.05, 4.69) is 9.97 Å². The highest BCUT2D eigenvalue weighted by Gasteiger charge is 2.14. The second-order valence-corrected chi connectivity index (χ2v) is 4.73. The molecule has 0 atom stereocenters. The van der Waals surface area contributed by atoms with Gasteiger partial charge in [0.2, 0.25) is 0 Å². The molecule has 0 saturated heterocycles. The summed E-state index contributed by atoms with van der Waals surface area (Å²) in [6.07, 6.45) is 0.530. The van der Waals surface area contributed by atoms with Crippen LogP contribution in [-0.2, 0) is 6.42 Å². The Bertz CT molecular complexity index is 618. The number of carboxylic acids is 1. The largest absolute Gasteiger partial charge is 0.478 e. The lowest BCUT2D eigenvalue weighted by atomic mass is 10.1. The number of halogens is 1. The van der Waals surface area contributed by atoms with Crippen molar-refractivity contribution in [2.75, 3.05) is 0 Å². The molecule has 0 spiro atoms. The summed E-state index contributed by atoms with van der Waals surface area (Å²) in [4.78, 5) is 19.5. The van der Waals surface area contributed by atoms with Gasteiger partial charge in [-0.25, -0.2) is 14.8 Å². The minimum atomic E-state index is -0.996. The molecule has 1 heterocycles. The van der Waals surface area contributed by atoms with Gasteiger partial charge in [0.15, 0.2) is 0 Å². The maximum atomic E-state index is 11.1. The number of rotatable bonds is 3. The fourth-order valence-corrected chi connectivity index (χ4v) is 2.22. The SMILES string of the molecule is Cc1nc(Cc2cccc(Cl)c2)nc(C)c1C(=O)O. The molecule has 0 aliphatic carbocycles. The fourth-order valence-electron chi connectivity index (χ4n) is 2.00. The van der Waals surface area contributed by atoms with Crippen molar-refractivity contribution in [3.8, 4) is 0 Å². The van der Waals surface area contributed by atoms with Crippen LogP contribution in [0.4, 0.5) is 0 Å². The average Bonchev–Trinajstić information content (AvgIpc) is 2.27. The predicted molar refractivity (Wildman–Crippen MR) is 72.7 cm³/mol. The summed E-state index contributed by atoms with van der Waals surface area (Å²) in [6.45, 7) is 3.36. The molecule has 1 aromatic carbocycles. The minimum absolute atomic E-state index is 0.176. The zero-order chi connectivity index (χ0) is 14.0. The Morgan fingerprint density at radius 2 is 1.89 bits per heavy atom. The Morgan fingerprint density at radius 1 is 1.26 bits per heavy atom. The van der Waals surface area contributed by atoms with Crippen LogP contribution in [0.1, 0.15) is 33.1 Å². The Balaban J connectivity index is 2.35. The summed E-state index contributed by atoms with van der Waals surface area (Å²) in [6, 6.07) is 7.45. The van der Waals surface area contributed by atoms with Crippen molar-refractivity contribution >= 4 is 17.6 Å². The summed E-state index contributed by atoms with van der Waals surface area (Å²) in [5, 5.41) is 9.73. The van der Waals surface area contributed by atoms with E-state index >= 15 is 0 Å². The van der Waals surface area contributed by atoms with Crippen molar-refractivity contribution in [1.82, 2.24) is 9.97 Å². The van der Waals surface area contributed by atoms with E-state index in [4.69, 9.17) is 16.7 Å². The van der Waals surface area contributed by atoms with Gasteiger partial charge in [0.25, 0.3) is 0 Å². The van der Waals surface area contributed by atoms with Crippen molar-refractivity contribution in [2.24, 2.45) is 0 Å². The number of aromatic nitrogens is 2. The van der Waals surface area contributed by atoms with Gasteiger partial charge in [-0.15, -0.1) is 0 Å². The molecule has 0 aliphatic heterocycles. The third-order valence-corrected chi connectivity index (χ3v) is 3.02. The summed E-state index contributed by atoms with van der Waals surface area (Å²) in [7, 11) is 0. The Kier molecular flexibility index (Phi) is 3.81. The first-order chi connectivity index (χ1) is 8.97. The van der Waals surface area contributed by atoms with Gasteiger partial charge in [-0.3, -0.25) is 0 Å². The van der Waals surface area contributed by atoms with Crippen LogP contribution in [0.5, 0.6) is 0 Å². The molecule has 1 N–H and O–H groups in total. The molecule has 0 saturated carbocycles. The number of carbonyl (C=O) groups is 1. The van der Waals surface area contributed by atoms with E-state index in [9.17, 15) is 4.79 Å². The Labute approximate surface area is 116 Å². The second kappa shape index (κ2) is 5.36. The average molecular weight is 277 g/mol.